The molecule has 150 valence electrons. The van der Waals surface area contributed by atoms with E-state index in [1.807, 2.05) is 36.5 Å². The molecule has 0 bridgehead atoms. The lowest BCUT2D eigenvalue weighted by Crippen LogP contribution is -2.29. The lowest BCUT2D eigenvalue weighted by atomic mass is 10.2. The van der Waals surface area contributed by atoms with Gasteiger partial charge in [0.05, 0.1) is 17.1 Å². The Morgan fingerprint density at radius 3 is 2.62 bits per heavy atom. The van der Waals surface area contributed by atoms with Gasteiger partial charge in [0.15, 0.2) is 11.5 Å². The molecule has 5 rings (SSSR count). The van der Waals surface area contributed by atoms with Crippen LogP contribution in [0, 0.1) is 0 Å². The number of hydrogen-bond acceptors (Lipinski definition) is 6. The molecule has 1 atom stereocenters. The SMILES string of the molecule is O=S(=O)(c1ccc2c(c1)OCCO2)N1CCC(n2cc(-c3ccccc3)nn2)C1. The Bertz CT molecular complexity index is 1130. The third-order valence-corrected chi connectivity index (χ3v) is 7.09. The summed E-state index contributed by atoms with van der Waals surface area (Å²) in [5, 5.41) is 8.47. The highest BCUT2D eigenvalue weighted by Crippen LogP contribution is 2.35. The third kappa shape index (κ3) is 3.36. The Kier molecular flexibility index (Phi) is 4.48. The quantitative estimate of drug-likeness (QED) is 0.654. The van der Waals surface area contributed by atoms with Crippen LogP contribution in [0.4, 0.5) is 0 Å². The fraction of sp³-hybridized carbons (Fsp3) is 0.300. The van der Waals surface area contributed by atoms with Gasteiger partial charge in [-0.25, -0.2) is 13.1 Å². The Labute approximate surface area is 168 Å². The van der Waals surface area contributed by atoms with Gasteiger partial charge in [-0.1, -0.05) is 35.5 Å². The number of nitrogens with zero attached hydrogens (tertiary/aromatic N) is 4. The number of fused-ring (bicyclic) bond motifs is 1. The monoisotopic (exact) mass is 412 g/mol. The summed E-state index contributed by atoms with van der Waals surface area (Å²) in [6, 6.07) is 14.5. The van der Waals surface area contributed by atoms with E-state index in [1.165, 1.54) is 4.31 Å². The number of rotatable bonds is 4. The van der Waals surface area contributed by atoms with Crippen LogP contribution in [0.5, 0.6) is 11.5 Å². The van der Waals surface area contributed by atoms with Crippen LogP contribution in [0.1, 0.15) is 12.5 Å². The fourth-order valence-corrected chi connectivity index (χ4v) is 5.18. The van der Waals surface area contributed by atoms with Crippen molar-refractivity contribution in [3.05, 3.63) is 54.7 Å². The van der Waals surface area contributed by atoms with Crippen molar-refractivity contribution < 1.29 is 17.9 Å². The first-order chi connectivity index (χ1) is 14.1. The van der Waals surface area contributed by atoms with Crippen molar-refractivity contribution in [2.24, 2.45) is 0 Å². The average Bonchev–Trinajstić information content (AvgIpc) is 3.44. The predicted octanol–water partition coefficient (Wildman–Crippen LogP) is 2.35. The maximum atomic E-state index is 13.1. The molecule has 3 aromatic rings. The Morgan fingerprint density at radius 2 is 1.79 bits per heavy atom. The van der Waals surface area contributed by atoms with Crippen LogP contribution in [-0.2, 0) is 10.0 Å². The lowest BCUT2D eigenvalue weighted by Gasteiger charge is -2.21. The number of sulfonamides is 1. The van der Waals surface area contributed by atoms with E-state index < -0.39 is 10.0 Å². The van der Waals surface area contributed by atoms with Crippen molar-refractivity contribution in [1.82, 2.24) is 19.3 Å². The summed E-state index contributed by atoms with van der Waals surface area (Å²) in [5.41, 5.74) is 1.76. The zero-order valence-corrected chi connectivity index (χ0v) is 16.5. The molecule has 1 aromatic heterocycles. The normalized spacial score (nSPS) is 19.4. The Morgan fingerprint density at radius 1 is 1.00 bits per heavy atom. The molecule has 0 N–H and O–H groups in total. The number of benzene rings is 2. The molecular formula is C20H20N4O4S. The summed E-state index contributed by atoms with van der Waals surface area (Å²) in [7, 11) is -3.62. The van der Waals surface area contributed by atoms with E-state index >= 15 is 0 Å². The van der Waals surface area contributed by atoms with E-state index in [9.17, 15) is 8.42 Å². The molecule has 0 spiro atoms. The molecule has 2 aliphatic rings. The van der Waals surface area contributed by atoms with E-state index in [1.54, 1.807) is 22.9 Å². The minimum atomic E-state index is -3.62. The molecule has 2 aliphatic heterocycles. The molecule has 9 heteroatoms. The molecule has 0 saturated carbocycles. The van der Waals surface area contributed by atoms with Gasteiger partial charge < -0.3 is 9.47 Å². The van der Waals surface area contributed by atoms with Gasteiger partial charge in [0.25, 0.3) is 0 Å². The summed E-state index contributed by atoms with van der Waals surface area (Å²) in [4.78, 5) is 0.214. The molecule has 8 nitrogen and oxygen atoms in total. The molecule has 0 aliphatic carbocycles. The van der Waals surface area contributed by atoms with Crippen LogP contribution in [0.15, 0.2) is 59.6 Å². The van der Waals surface area contributed by atoms with Crippen LogP contribution >= 0.6 is 0 Å². The fourth-order valence-electron chi connectivity index (χ4n) is 3.67. The van der Waals surface area contributed by atoms with Crippen molar-refractivity contribution in [1.29, 1.82) is 0 Å². The minimum absolute atomic E-state index is 0.0491. The van der Waals surface area contributed by atoms with Crippen molar-refractivity contribution in [2.75, 3.05) is 26.3 Å². The van der Waals surface area contributed by atoms with Gasteiger partial charge in [0.2, 0.25) is 10.0 Å². The Hall–Kier alpha value is -2.91. The minimum Gasteiger partial charge on any atom is -0.486 e. The van der Waals surface area contributed by atoms with Gasteiger partial charge in [0.1, 0.15) is 18.9 Å². The molecular weight excluding hydrogens is 392 g/mol. The maximum absolute atomic E-state index is 13.1. The summed E-state index contributed by atoms with van der Waals surface area (Å²) in [5.74, 6) is 1.04. The van der Waals surface area contributed by atoms with Crippen LogP contribution in [0.25, 0.3) is 11.3 Å². The smallest absolute Gasteiger partial charge is 0.243 e. The second kappa shape index (κ2) is 7.16. The number of aromatic nitrogens is 3. The highest BCUT2D eigenvalue weighted by molar-refractivity contribution is 7.89. The zero-order valence-electron chi connectivity index (χ0n) is 15.6. The van der Waals surface area contributed by atoms with Gasteiger partial charge in [-0.05, 0) is 18.6 Å². The summed E-state index contributed by atoms with van der Waals surface area (Å²) >= 11 is 0. The first kappa shape index (κ1) is 18.1. The van der Waals surface area contributed by atoms with E-state index in [0.717, 1.165) is 11.3 Å². The predicted molar refractivity (Wildman–Crippen MR) is 105 cm³/mol. The lowest BCUT2D eigenvalue weighted by molar-refractivity contribution is 0.171. The first-order valence-corrected chi connectivity index (χ1v) is 10.9. The summed E-state index contributed by atoms with van der Waals surface area (Å²) in [6.07, 6.45) is 2.56. The highest BCUT2D eigenvalue weighted by Gasteiger charge is 2.34. The second-order valence-corrected chi connectivity index (χ2v) is 9.00. The topological polar surface area (TPSA) is 86.6 Å². The van der Waals surface area contributed by atoms with E-state index in [0.29, 0.717) is 44.2 Å². The molecule has 0 amide bonds. The van der Waals surface area contributed by atoms with Crippen LogP contribution < -0.4 is 9.47 Å². The van der Waals surface area contributed by atoms with Gasteiger partial charge >= 0.3 is 0 Å². The van der Waals surface area contributed by atoms with Crippen LogP contribution in [0.2, 0.25) is 0 Å². The largest absolute Gasteiger partial charge is 0.486 e. The van der Waals surface area contributed by atoms with Crippen molar-refractivity contribution in [3.8, 4) is 22.8 Å². The van der Waals surface area contributed by atoms with Crippen molar-refractivity contribution in [2.45, 2.75) is 17.4 Å². The van der Waals surface area contributed by atoms with Crippen molar-refractivity contribution in [3.63, 3.8) is 0 Å². The molecule has 0 radical (unpaired) electrons. The Balaban J connectivity index is 1.35. The third-order valence-electron chi connectivity index (χ3n) is 5.23. The molecule has 1 fully saturated rings. The average molecular weight is 412 g/mol. The van der Waals surface area contributed by atoms with Crippen molar-refractivity contribution >= 4 is 10.0 Å². The standard InChI is InChI=1S/C20H20N4O4S/c25-29(26,17-6-7-19-20(12-17)28-11-10-27-19)23-9-8-16(13-23)24-14-18(21-22-24)15-4-2-1-3-5-15/h1-7,12,14,16H,8-11,13H2. The van der Waals surface area contributed by atoms with E-state index in [4.69, 9.17) is 9.47 Å². The van der Waals surface area contributed by atoms with Gasteiger partial charge in [-0.2, -0.15) is 4.31 Å². The molecule has 2 aromatic carbocycles. The summed E-state index contributed by atoms with van der Waals surface area (Å²) < 4.78 is 40.5. The van der Waals surface area contributed by atoms with Gasteiger partial charge in [-0.3, -0.25) is 0 Å². The zero-order chi connectivity index (χ0) is 19.8. The van der Waals surface area contributed by atoms with Gasteiger partial charge in [-0.15, -0.1) is 5.10 Å². The van der Waals surface area contributed by atoms with Crippen LogP contribution in [0.3, 0.4) is 0 Å². The highest BCUT2D eigenvalue weighted by atomic mass is 32.2. The summed E-state index contributed by atoms with van der Waals surface area (Å²) in [6.45, 7) is 1.67. The molecule has 1 saturated heterocycles. The van der Waals surface area contributed by atoms with Crippen LogP contribution in [-0.4, -0.2) is 54.0 Å². The van der Waals surface area contributed by atoms with Gasteiger partial charge in [0, 0.05) is 24.7 Å². The molecule has 29 heavy (non-hydrogen) atoms. The number of ether oxygens (including phenoxy) is 2. The maximum Gasteiger partial charge on any atom is 0.243 e. The second-order valence-electron chi connectivity index (χ2n) is 7.06. The molecule has 3 heterocycles. The first-order valence-electron chi connectivity index (χ1n) is 9.48. The van der Waals surface area contributed by atoms with E-state index in [-0.39, 0.29) is 10.9 Å². The number of hydrogen-bond donors (Lipinski definition) is 0. The molecule has 1 unspecified atom stereocenters. The van der Waals surface area contributed by atoms with E-state index in [2.05, 4.69) is 10.3 Å².